The number of hydrogen-bond acceptors (Lipinski definition) is 6. The number of thioether (sulfide) groups is 1. The number of aliphatic imine (C=N–C) groups is 1. The lowest BCUT2D eigenvalue weighted by Gasteiger charge is -2.24. The van der Waals surface area contributed by atoms with E-state index < -0.39 is 50.4 Å². The van der Waals surface area contributed by atoms with Crippen LogP contribution < -0.4 is 10.2 Å². The molecular weight excluding hydrogens is 452 g/mol. The fraction of sp³-hybridized carbons (Fsp3) is 0.526. The smallest absolute Gasteiger partial charge is 0.407 e. The van der Waals surface area contributed by atoms with E-state index in [2.05, 4.69) is 10.3 Å². The van der Waals surface area contributed by atoms with E-state index in [-0.39, 0.29) is 35.3 Å². The van der Waals surface area contributed by atoms with Gasteiger partial charge in [-0.3, -0.25) is 4.79 Å². The molecule has 31 heavy (non-hydrogen) atoms. The van der Waals surface area contributed by atoms with Gasteiger partial charge in [0.15, 0.2) is 15.0 Å². The van der Waals surface area contributed by atoms with Gasteiger partial charge in [0.1, 0.15) is 17.2 Å². The van der Waals surface area contributed by atoms with Gasteiger partial charge >= 0.3 is 6.09 Å². The first-order chi connectivity index (χ1) is 14.3. The van der Waals surface area contributed by atoms with Crippen LogP contribution in [0.4, 0.5) is 19.3 Å². The summed E-state index contributed by atoms with van der Waals surface area (Å²) in [6.07, 6.45) is -0.797. The average Bonchev–Trinajstić information content (AvgIpc) is 3.04. The Morgan fingerprint density at radius 1 is 1.29 bits per heavy atom. The summed E-state index contributed by atoms with van der Waals surface area (Å²) in [5.41, 5.74) is -0.718. The lowest BCUT2D eigenvalue weighted by Crippen LogP contribution is -2.38. The second-order valence-corrected chi connectivity index (χ2v) is 11.6. The van der Waals surface area contributed by atoms with Crippen LogP contribution in [-0.2, 0) is 19.4 Å². The number of anilines is 1. The van der Waals surface area contributed by atoms with Gasteiger partial charge in [0.2, 0.25) is 5.91 Å². The molecule has 3 rings (SSSR count). The number of hydrogen-bond donors (Lipinski definition) is 1. The molecule has 1 aromatic carbocycles. The fourth-order valence-electron chi connectivity index (χ4n) is 3.27. The van der Waals surface area contributed by atoms with E-state index in [1.54, 1.807) is 20.8 Å². The monoisotopic (exact) mass is 475 g/mol. The molecular formula is C19H23F2N3O5S2. The van der Waals surface area contributed by atoms with Crippen molar-refractivity contribution in [3.63, 3.8) is 0 Å². The summed E-state index contributed by atoms with van der Waals surface area (Å²) in [6.45, 7) is 5.12. The van der Waals surface area contributed by atoms with Crippen LogP contribution >= 0.6 is 11.8 Å². The maximum Gasteiger partial charge on any atom is 0.407 e. The van der Waals surface area contributed by atoms with Gasteiger partial charge in [0.05, 0.1) is 23.2 Å². The highest BCUT2D eigenvalue weighted by Crippen LogP contribution is 2.41. The molecule has 2 aliphatic rings. The lowest BCUT2D eigenvalue weighted by atomic mass is 10.2. The number of fused-ring (bicyclic) bond motifs is 1. The number of nitrogens with zero attached hydrogens (tertiary/aromatic N) is 2. The molecule has 2 aliphatic heterocycles. The van der Waals surface area contributed by atoms with Crippen molar-refractivity contribution in [2.45, 2.75) is 44.1 Å². The van der Waals surface area contributed by atoms with E-state index in [1.807, 2.05) is 0 Å². The number of nitrogens with one attached hydrogen (secondary N) is 1. The summed E-state index contributed by atoms with van der Waals surface area (Å²) >= 11 is 1.08. The predicted molar refractivity (Wildman–Crippen MR) is 114 cm³/mol. The number of rotatable bonds is 4. The number of amides is 2. The molecule has 0 aliphatic carbocycles. The summed E-state index contributed by atoms with van der Waals surface area (Å²) in [5, 5.41) is 2.19. The van der Waals surface area contributed by atoms with Gasteiger partial charge in [-0.25, -0.2) is 22.0 Å². The Hall–Kier alpha value is -2.21. The molecule has 0 saturated carbocycles. The molecule has 8 nitrogen and oxygen atoms in total. The largest absolute Gasteiger partial charge is 0.444 e. The Kier molecular flexibility index (Phi) is 6.61. The zero-order chi connectivity index (χ0) is 23.0. The Morgan fingerprint density at radius 2 is 2.00 bits per heavy atom. The van der Waals surface area contributed by atoms with Crippen molar-refractivity contribution in [1.29, 1.82) is 0 Å². The van der Waals surface area contributed by atoms with Gasteiger partial charge in [0, 0.05) is 24.3 Å². The van der Waals surface area contributed by atoms with Crippen molar-refractivity contribution in [2.24, 2.45) is 4.99 Å². The minimum absolute atomic E-state index is 0.0126. The first-order valence-electron chi connectivity index (χ1n) is 9.54. The van der Waals surface area contributed by atoms with Gasteiger partial charge in [-0.1, -0.05) is 11.8 Å². The van der Waals surface area contributed by atoms with Crippen LogP contribution in [0.25, 0.3) is 0 Å². The van der Waals surface area contributed by atoms with Crippen LogP contribution in [0.5, 0.6) is 0 Å². The Labute approximate surface area is 183 Å². The zero-order valence-corrected chi connectivity index (χ0v) is 18.9. The highest BCUT2D eigenvalue weighted by atomic mass is 32.2. The van der Waals surface area contributed by atoms with Gasteiger partial charge in [0.25, 0.3) is 0 Å². The summed E-state index contributed by atoms with van der Waals surface area (Å²) in [5.74, 6) is -2.55. The van der Waals surface area contributed by atoms with E-state index in [0.717, 1.165) is 17.8 Å². The maximum atomic E-state index is 14.4. The van der Waals surface area contributed by atoms with Gasteiger partial charge in [-0.15, -0.1) is 0 Å². The molecule has 0 unspecified atom stereocenters. The van der Waals surface area contributed by atoms with Crippen LogP contribution in [-0.4, -0.2) is 60.5 Å². The molecule has 1 aromatic rings. The third-order valence-corrected chi connectivity index (χ3v) is 7.67. The number of amidine groups is 1. The third kappa shape index (κ3) is 5.94. The van der Waals surface area contributed by atoms with Crippen molar-refractivity contribution in [2.75, 3.05) is 23.0 Å². The summed E-state index contributed by atoms with van der Waals surface area (Å²) in [7, 11) is -3.32. The standard InChI is InChI=1S/C19H23F2N3O5S2/c1-19(2,3)29-18(26)22-7-6-16(25)23-17-24(13-5-4-11(20)8-12(13)21)14-9-31(27,28)10-15(14)30-17/h4-5,8,14-15H,6-7,9-10H2,1-3H3,(H,22,26)/t14-,15-/m0/s1. The summed E-state index contributed by atoms with van der Waals surface area (Å²) in [6, 6.07) is 2.34. The molecule has 0 bridgehead atoms. The van der Waals surface area contributed by atoms with Crippen LogP contribution in [0.2, 0.25) is 0 Å². The van der Waals surface area contributed by atoms with Gasteiger partial charge < -0.3 is 15.0 Å². The van der Waals surface area contributed by atoms with E-state index in [1.165, 1.54) is 11.0 Å². The molecule has 170 valence electrons. The van der Waals surface area contributed by atoms with E-state index in [4.69, 9.17) is 4.74 Å². The Morgan fingerprint density at radius 3 is 2.65 bits per heavy atom. The highest BCUT2D eigenvalue weighted by molar-refractivity contribution is 8.16. The molecule has 2 heterocycles. The number of ether oxygens (including phenoxy) is 1. The van der Waals surface area contributed by atoms with Crippen LogP contribution in [0.15, 0.2) is 23.2 Å². The second kappa shape index (κ2) is 8.73. The van der Waals surface area contributed by atoms with Crippen LogP contribution in [0, 0.1) is 11.6 Å². The molecule has 2 amide bonds. The van der Waals surface area contributed by atoms with Crippen LogP contribution in [0.1, 0.15) is 27.2 Å². The van der Waals surface area contributed by atoms with E-state index >= 15 is 0 Å². The highest BCUT2D eigenvalue weighted by Gasteiger charge is 2.50. The van der Waals surface area contributed by atoms with Crippen molar-refractivity contribution < 1.29 is 31.5 Å². The molecule has 0 spiro atoms. The second-order valence-electron chi connectivity index (χ2n) is 8.23. The number of carbonyl (C=O) groups is 2. The van der Waals surface area contributed by atoms with Crippen molar-refractivity contribution >= 4 is 44.5 Å². The first kappa shape index (κ1) is 23.5. The van der Waals surface area contributed by atoms with E-state index in [9.17, 15) is 26.8 Å². The van der Waals surface area contributed by atoms with Gasteiger partial charge in [-0.05, 0) is 32.9 Å². The first-order valence-corrected chi connectivity index (χ1v) is 12.2. The predicted octanol–water partition coefficient (Wildman–Crippen LogP) is 2.48. The number of carbonyl (C=O) groups excluding carboxylic acids is 2. The van der Waals surface area contributed by atoms with Crippen molar-refractivity contribution in [1.82, 2.24) is 5.32 Å². The zero-order valence-electron chi connectivity index (χ0n) is 17.2. The number of halogens is 2. The molecule has 1 N–H and O–H groups in total. The van der Waals surface area contributed by atoms with Crippen molar-refractivity contribution in [3.8, 4) is 0 Å². The minimum atomic E-state index is -3.32. The Balaban J connectivity index is 1.75. The quantitative estimate of drug-likeness (QED) is 0.713. The maximum absolute atomic E-state index is 14.4. The fourth-order valence-corrected chi connectivity index (χ4v) is 7.20. The topological polar surface area (TPSA) is 105 Å². The lowest BCUT2D eigenvalue weighted by molar-refractivity contribution is -0.117. The molecule has 0 radical (unpaired) electrons. The summed E-state index contributed by atoms with van der Waals surface area (Å²) < 4.78 is 57.0. The minimum Gasteiger partial charge on any atom is -0.444 e. The van der Waals surface area contributed by atoms with Crippen LogP contribution in [0.3, 0.4) is 0 Å². The van der Waals surface area contributed by atoms with Crippen molar-refractivity contribution in [3.05, 3.63) is 29.8 Å². The normalized spacial score (nSPS) is 23.6. The number of alkyl carbamates (subject to hydrolysis) is 1. The molecule has 12 heteroatoms. The molecule has 2 saturated heterocycles. The number of benzene rings is 1. The average molecular weight is 476 g/mol. The number of sulfone groups is 1. The Bertz CT molecular complexity index is 1020. The van der Waals surface area contributed by atoms with Gasteiger partial charge in [-0.2, -0.15) is 4.99 Å². The van der Waals surface area contributed by atoms with E-state index in [0.29, 0.717) is 6.07 Å². The molecule has 2 fully saturated rings. The molecule has 2 atom stereocenters. The third-order valence-electron chi connectivity index (χ3n) is 4.46. The summed E-state index contributed by atoms with van der Waals surface area (Å²) in [4.78, 5) is 29.4. The SMILES string of the molecule is CC(C)(C)OC(=O)NCCC(=O)N=C1S[C@H]2CS(=O)(=O)C[C@@H]2N1c1ccc(F)cc1F. The molecule has 0 aromatic heterocycles.